The summed E-state index contributed by atoms with van der Waals surface area (Å²) in [5, 5.41) is 6.71. The summed E-state index contributed by atoms with van der Waals surface area (Å²) in [6.07, 6.45) is 4.30. The second-order valence-corrected chi connectivity index (χ2v) is 5.78. The van der Waals surface area contributed by atoms with E-state index >= 15 is 0 Å². The number of rotatable bonds is 6. The van der Waals surface area contributed by atoms with Crippen LogP contribution in [0.1, 0.15) is 29.5 Å². The number of hydrogen-bond acceptors (Lipinski definition) is 5. The first-order valence-corrected chi connectivity index (χ1v) is 7.57. The maximum Gasteiger partial charge on any atom is 0.124 e. The SMILES string of the molecule is COc1ccc(OC)c(C(NC2CC2)c2nccs2)c1. The topological polar surface area (TPSA) is 43.4 Å². The van der Waals surface area contributed by atoms with Crippen LogP contribution in [0.2, 0.25) is 0 Å². The molecule has 0 aliphatic heterocycles. The number of benzene rings is 1. The van der Waals surface area contributed by atoms with Crippen molar-refractivity contribution in [3.05, 3.63) is 40.3 Å². The molecule has 0 radical (unpaired) electrons. The predicted octanol–water partition coefficient (Wildman–Crippen LogP) is 3.00. The first-order chi connectivity index (χ1) is 9.81. The summed E-state index contributed by atoms with van der Waals surface area (Å²) < 4.78 is 10.8. The molecule has 20 heavy (non-hydrogen) atoms. The van der Waals surface area contributed by atoms with Gasteiger partial charge in [0.05, 0.1) is 20.3 Å². The molecule has 0 spiro atoms. The Morgan fingerprint density at radius 1 is 1.30 bits per heavy atom. The Bertz CT molecular complexity index is 567. The maximum absolute atomic E-state index is 5.51. The molecule has 0 bridgehead atoms. The third kappa shape index (κ3) is 2.78. The van der Waals surface area contributed by atoms with Crippen LogP contribution >= 0.6 is 11.3 Å². The summed E-state index contributed by atoms with van der Waals surface area (Å²) in [7, 11) is 3.37. The molecule has 0 saturated heterocycles. The number of hydrogen-bond donors (Lipinski definition) is 1. The summed E-state index contributed by atoms with van der Waals surface area (Å²) in [5.74, 6) is 1.69. The first-order valence-electron chi connectivity index (χ1n) is 6.69. The largest absolute Gasteiger partial charge is 0.497 e. The average Bonchev–Trinajstić information content (AvgIpc) is 3.15. The van der Waals surface area contributed by atoms with Crippen molar-refractivity contribution in [1.82, 2.24) is 10.3 Å². The molecule has 106 valence electrons. The zero-order chi connectivity index (χ0) is 13.9. The molecule has 1 atom stereocenters. The van der Waals surface area contributed by atoms with Gasteiger partial charge in [-0.05, 0) is 31.0 Å². The van der Waals surface area contributed by atoms with Gasteiger partial charge in [-0.3, -0.25) is 0 Å². The van der Waals surface area contributed by atoms with E-state index in [-0.39, 0.29) is 6.04 Å². The van der Waals surface area contributed by atoms with E-state index in [1.165, 1.54) is 12.8 Å². The summed E-state index contributed by atoms with van der Waals surface area (Å²) in [6, 6.07) is 6.54. The lowest BCUT2D eigenvalue weighted by Gasteiger charge is -2.20. The molecule has 5 heteroatoms. The third-order valence-corrected chi connectivity index (χ3v) is 4.27. The molecule has 1 heterocycles. The number of methoxy groups -OCH3 is 2. The third-order valence-electron chi connectivity index (χ3n) is 3.43. The minimum Gasteiger partial charge on any atom is -0.497 e. The van der Waals surface area contributed by atoms with Crippen molar-refractivity contribution in [3.63, 3.8) is 0 Å². The Morgan fingerprint density at radius 2 is 2.15 bits per heavy atom. The Hall–Kier alpha value is -1.59. The van der Waals surface area contributed by atoms with Crippen molar-refractivity contribution in [1.29, 1.82) is 0 Å². The second-order valence-electron chi connectivity index (χ2n) is 4.85. The maximum atomic E-state index is 5.51. The molecule has 1 aliphatic carbocycles. The molecule has 0 amide bonds. The monoisotopic (exact) mass is 290 g/mol. The molecule has 2 aromatic rings. The molecule has 1 saturated carbocycles. The van der Waals surface area contributed by atoms with Gasteiger partial charge in [0.1, 0.15) is 16.5 Å². The van der Waals surface area contributed by atoms with E-state index in [4.69, 9.17) is 9.47 Å². The molecular formula is C15H18N2O2S. The highest BCUT2D eigenvalue weighted by atomic mass is 32.1. The van der Waals surface area contributed by atoms with Gasteiger partial charge in [-0.2, -0.15) is 0 Å². The smallest absolute Gasteiger partial charge is 0.124 e. The molecular weight excluding hydrogens is 272 g/mol. The molecule has 1 aromatic heterocycles. The Balaban J connectivity index is 2.00. The average molecular weight is 290 g/mol. The summed E-state index contributed by atoms with van der Waals surface area (Å²) in [4.78, 5) is 4.46. The van der Waals surface area contributed by atoms with Crippen LogP contribution in [0, 0.1) is 0 Å². The fraction of sp³-hybridized carbons (Fsp3) is 0.400. The molecule has 1 unspecified atom stereocenters. The lowest BCUT2D eigenvalue weighted by molar-refractivity contribution is 0.393. The summed E-state index contributed by atoms with van der Waals surface area (Å²) in [6.45, 7) is 0. The van der Waals surface area contributed by atoms with Gasteiger partial charge < -0.3 is 14.8 Å². The highest BCUT2D eigenvalue weighted by Gasteiger charge is 2.29. The van der Waals surface area contributed by atoms with Crippen LogP contribution in [-0.4, -0.2) is 25.2 Å². The normalized spacial score (nSPS) is 15.9. The number of nitrogens with one attached hydrogen (secondary N) is 1. The fourth-order valence-electron chi connectivity index (χ4n) is 2.22. The van der Waals surface area contributed by atoms with E-state index in [0.29, 0.717) is 6.04 Å². The van der Waals surface area contributed by atoms with Crippen molar-refractivity contribution >= 4 is 11.3 Å². The standard InChI is InChI=1S/C15H18N2O2S/c1-18-11-5-6-13(19-2)12(9-11)14(17-10-3-4-10)15-16-7-8-20-15/h5-10,14,17H,3-4H2,1-2H3. The van der Waals surface area contributed by atoms with Gasteiger partial charge in [0.25, 0.3) is 0 Å². The van der Waals surface area contributed by atoms with Gasteiger partial charge in [-0.25, -0.2) is 4.98 Å². The minimum atomic E-state index is 0.0625. The highest BCUT2D eigenvalue weighted by Crippen LogP contribution is 2.36. The van der Waals surface area contributed by atoms with Crippen molar-refractivity contribution in [2.75, 3.05) is 14.2 Å². The molecule has 1 fully saturated rings. The molecule has 1 N–H and O–H groups in total. The van der Waals surface area contributed by atoms with Crippen LogP contribution in [0.25, 0.3) is 0 Å². The Labute approximate surface area is 122 Å². The highest BCUT2D eigenvalue weighted by molar-refractivity contribution is 7.09. The molecule has 3 rings (SSSR count). The molecule has 1 aliphatic rings. The quantitative estimate of drug-likeness (QED) is 0.888. The van der Waals surface area contributed by atoms with Gasteiger partial charge in [0.15, 0.2) is 0 Å². The first kappa shape index (κ1) is 13.4. The van der Waals surface area contributed by atoms with E-state index < -0.39 is 0 Å². The summed E-state index contributed by atoms with van der Waals surface area (Å²) in [5.41, 5.74) is 1.08. The number of aromatic nitrogens is 1. The molecule has 1 aromatic carbocycles. The predicted molar refractivity (Wildman–Crippen MR) is 79.7 cm³/mol. The zero-order valence-electron chi connectivity index (χ0n) is 11.6. The van der Waals surface area contributed by atoms with Crippen molar-refractivity contribution in [2.24, 2.45) is 0 Å². The van der Waals surface area contributed by atoms with E-state index in [2.05, 4.69) is 10.3 Å². The lowest BCUT2D eigenvalue weighted by Crippen LogP contribution is -2.24. The van der Waals surface area contributed by atoms with E-state index in [9.17, 15) is 0 Å². The van der Waals surface area contributed by atoms with Crippen LogP contribution in [0.4, 0.5) is 0 Å². The van der Waals surface area contributed by atoms with Crippen molar-refractivity contribution in [2.45, 2.75) is 24.9 Å². The summed E-state index contributed by atoms with van der Waals surface area (Å²) >= 11 is 1.66. The van der Waals surface area contributed by atoms with Crippen LogP contribution in [0.5, 0.6) is 11.5 Å². The number of ether oxygens (including phenoxy) is 2. The Morgan fingerprint density at radius 3 is 2.75 bits per heavy atom. The lowest BCUT2D eigenvalue weighted by atomic mass is 10.1. The fourth-order valence-corrected chi connectivity index (χ4v) is 2.94. The van der Waals surface area contributed by atoms with Crippen LogP contribution < -0.4 is 14.8 Å². The second kappa shape index (κ2) is 5.81. The number of nitrogens with zero attached hydrogens (tertiary/aromatic N) is 1. The zero-order valence-corrected chi connectivity index (χ0v) is 12.4. The van der Waals surface area contributed by atoms with Gasteiger partial charge in [-0.15, -0.1) is 11.3 Å². The molecule has 4 nitrogen and oxygen atoms in total. The van der Waals surface area contributed by atoms with Gasteiger partial charge in [0.2, 0.25) is 0 Å². The van der Waals surface area contributed by atoms with E-state index in [1.54, 1.807) is 25.6 Å². The van der Waals surface area contributed by atoms with Crippen LogP contribution in [0.3, 0.4) is 0 Å². The van der Waals surface area contributed by atoms with Gasteiger partial charge >= 0.3 is 0 Å². The van der Waals surface area contributed by atoms with Crippen molar-refractivity contribution < 1.29 is 9.47 Å². The van der Waals surface area contributed by atoms with E-state index in [1.807, 2.05) is 29.8 Å². The Kier molecular flexibility index (Phi) is 3.89. The number of thiazole rings is 1. The van der Waals surface area contributed by atoms with Crippen LogP contribution in [-0.2, 0) is 0 Å². The van der Waals surface area contributed by atoms with Gasteiger partial charge in [-0.1, -0.05) is 0 Å². The van der Waals surface area contributed by atoms with Crippen molar-refractivity contribution in [3.8, 4) is 11.5 Å². The van der Waals surface area contributed by atoms with E-state index in [0.717, 1.165) is 22.1 Å². The van der Waals surface area contributed by atoms with Gasteiger partial charge in [0, 0.05) is 23.2 Å². The minimum absolute atomic E-state index is 0.0625. The van der Waals surface area contributed by atoms with Crippen LogP contribution in [0.15, 0.2) is 29.8 Å².